The summed E-state index contributed by atoms with van der Waals surface area (Å²) in [6.45, 7) is 3.91. The molecule has 2 aromatic rings. The number of carbonyl (C=O) groups excluding carboxylic acids is 1. The third-order valence-electron chi connectivity index (χ3n) is 2.88. The van der Waals surface area contributed by atoms with Crippen molar-refractivity contribution in [2.24, 2.45) is 0 Å². The number of hydrogen-bond acceptors (Lipinski definition) is 2. The number of carbonyl (C=O) groups is 1. The summed E-state index contributed by atoms with van der Waals surface area (Å²) in [6, 6.07) is 14.9. The van der Waals surface area contributed by atoms with E-state index < -0.39 is 0 Å². The first-order valence-electron chi connectivity index (χ1n) is 6.82. The van der Waals surface area contributed by atoms with Gasteiger partial charge in [-0.3, -0.25) is 4.79 Å². The predicted molar refractivity (Wildman–Crippen MR) is 89.2 cm³/mol. The summed E-state index contributed by atoms with van der Waals surface area (Å²) in [5.74, 6) is 0.559. The lowest BCUT2D eigenvalue weighted by molar-refractivity contribution is 0.102. The third kappa shape index (κ3) is 4.33. The second kappa shape index (κ2) is 7.27. The molecule has 4 heteroatoms. The molecule has 0 atom stereocenters. The monoisotopic (exact) mass is 347 g/mol. The Morgan fingerprint density at radius 3 is 2.67 bits per heavy atom. The SMILES string of the molecule is CC(C)Oc1cccc(C(=O)Nc2ccccc2CBr)c1. The van der Waals surface area contributed by atoms with Crippen LogP contribution in [0.15, 0.2) is 48.5 Å². The number of para-hydroxylation sites is 1. The first-order chi connectivity index (χ1) is 10.1. The van der Waals surface area contributed by atoms with E-state index in [1.165, 1.54) is 0 Å². The third-order valence-corrected chi connectivity index (χ3v) is 3.48. The van der Waals surface area contributed by atoms with Crippen LogP contribution in [0.5, 0.6) is 5.75 Å². The number of amides is 1. The van der Waals surface area contributed by atoms with E-state index in [0.29, 0.717) is 16.6 Å². The molecule has 0 spiro atoms. The first kappa shape index (κ1) is 15.6. The van der Waals surface area contributed by atoms with Gasteiger partial charge in [-0.25, -0.2) is 0 Å². The lowest BCUT2D eigenvalue weighted by Crippen LogP contribution is -2.13. The highest BCUT2D eigenvalue weighted by Crippen LogP contribution is 2.20. The van der Waals surface area contributed by atoms with E-state index >= 15 is 0 Å². The number of ether oxygens (including phenoxy) is 1. The van der Waals surface area contributed by atoms with Crippen molar-refractivity contribution in [3.63, 3.8) is 0 Å². The van der Waals surface area contributed by atoms with Crippen molar-refractivity contribution in [3.05, 3.63) is 59.7 Å². The molecule has 2 aromatic carbocycles. The summed E-state index contributed by atoms with van der Waals surface area (Å²) in [7, 11) is 0. The Hall–Kier alpha value is -1.81. The summed E-state index contributed by atoms with van der Waals surface area (Å²) in [5.41, 5.74) is 2.44. The minimum atomic E-state index is -0.141. The van der Waals surface area contributed by atoms with E-state index in [1.54, 1.807) is 12.1 Å². The van der Waals surface area contributed by atoms with Gasteiger partial charge in [0.2, 0.25) is 0 Å². The quantitative estimate of drug-likeness (QED) is 0.801. The zero-order valence-corrected chi connectivity index (χ0v) is 13.7. The van der Waals surface area contributed by atoms with Crippen LogP contribution in [0.3, 0.4) is 0 Å². The molecular formula is C17H18BrNO2. The van der Waals surface area contributed by atoms with Gasteiger partial charge in [0, 0.05) is 16.6 Å². The van der Waals surface area contributed by atoms with Crippen LogP contribution in [0.4, 0.5) is 5.69 Å². The number of nitrogens with one attached hydrogen (secondary N) is 1. The lowest BCUT2D eigenvalue weighted by Gasteiger charge is -2.12. The minimum Gasteiger partial charge on any atom is -0.491 e. The van der Waals surface area contributed by atoms with E-state index in [0.717, 1.165) is 11.3 Å². The fraction of sp³-hybridized carbons (Fsp3) is 0.235. The molecular weight excluding hydrogens is 330 g/mol. The van der Waals surface area contributed by atoms with Gasteiger partial charge in [0.25, 0.3) is 5.91 Å². The van der Waals surface area contributed by atoms with Crippen LogP contribution in [-0.4, -0.2) is 12.0 Å². The van der Waals surface area contributed by atoms with Crippen molar-refractivity contribution in [2.45, 2.75) is 25.3 Å². The molecule has 3 nitrogen and oxygen atoms in total. The largest absolute Gasteiger partial charge is 0.491 e. The summed E-state index contributed by atoms with van der Waals surface area (Å²) in [5, 5.41) is 3.63. The van der Waals surface area contributed by atoms with Crippen LogP contribution in [0.1, 0.15) is 29.8 Å². The van der Waals surface area contributed by atoms with Crippen LogP contribution in [0.25, 0.3) is 0 Å². The molecule has 0 aliphatic rings. The highest BCUT2D eigenvalue weighted by Gasteiger charge is 2.09. The number of alkyl halides is 1. The maximum absolute atomic E-state index is 12.3. The molecule has 0 heterocycles. The Balaban J connectivity index is 2.16. The van der Waals surface area contributed by atoms with Gasteiger partial charge in [-0.1, -0.05) is 40.2 Å². The van der Waals surface area contributed by atoms with E-state index in [2.05, 4.69) is 21.2 Å². The summed E-state index contributed by atoms with van der Waals surface area (Å²) >= 11 is 3.42. The Labute approximate surface area is 133 Å². The van der Waals surface area contributed by atoms with Gasteiger partial charge in [-0.15, -0.1) is 0 Å². The number of benzene rings is 2. The fourth-order valence-electron chi connectivity index (χ4n) is 1.94. The van der Waals surface area contributed by atoms with Crippen LogP contribution < -0.4 is 10.1 Å². The standard InChI is InChI=1S/C17H18BrNO2/c1-12(2)21-15-8-5-7-13(10-15)17(20)19-16-9-4-3-6-14(16)11-18/h3-10,12H,11H2,1-2H3,(H,19,20). The van der Waals surface area contributed by atoms with Gasteiger partial charge in [-0.05, 0) is 43.7 Å². The van der Waals surface area contributed by atoms with Crippen LogP contribution in [0.2, 0.25) is 0 Å². The molecule has 2 rings (SSSR count). The zero-order valence-electron chi connectivity index (χ0n) is 12.1. The Morgan fingerprint density at radius 2 is 1.95 bits per heavy atom. The summed E-state index contributed by atoms with van der Waals surface area (Å²) in [4.78, 5) is 12.3. The second-order valence-corrected chi connectivity index (χ2v) is 5.50. The molecule has 110 valence electrons. The zero-order chi connectivity index (χ0) is 15.2. The van der Waals surface area contributed by atoms with Crippen molar-refractivity contribution in [2.75, 3.05) is 5.32 Å². The predicted octanol–water partition coefficient (Wildman–Crippen LogP) is 4.62. The molecule has 0 saturated carbocycles. The van der Waals surface area contributed by atoms with Gasteiger partial charge >= 0.3 is 0 Å². The van der Waals surface area contributed by atoms with E-state index in [4.69, 9.17) is 4.74 Å². The number of anilines is 1. The average Bonchev–Trinajstić information content (AvgIpc) is 2.47. The average molecular weight is 348 g/mol. The van der Waals surface area contributed by atoms with Crippen LogP contribution >= 0.6 is 15.9 Å². The van der Waals surface area contributed by atoms with Gasteiger partial charge < -0.3 is 10.1 Å². The van der Waals surface area contributed by atoms with Crippen molar-refractivity contribution in [1.82, 2.24) is 0 Å². The van der Waals surface area contributed by atoms with Crippen LogP contribution in [0, 0.1) is 0 Å². The summed E-state index contributed by atoms with van der Waals surface area (Å²) in [6.07, 6.45) is 0.0810. The smallest absolute Gasteiger partial charge is 0.255 e. The Morgan fingerprint density at radius 1 is 1.19 bits per heavy atom. The normalized spacial score (nSPS) is 10.5. The van der Waals surface area contributed by atoms with Crippen molar-refractivity contribution < 1.29 is 9.53 Å². The molecule has 1 amide bonds. The van der Waals surface area contributed by atoms with Crippen molar-refractivity contribution in [3.8, 4) is 5.75 Å². The maximum atomic E-state index is 12.3. The number of rotatable bonds is 5. The van der Waals surface area contributed by atoms with Crippen molar-refractivity contribution >= 4 is 27.5 Å². The van der Waals surface area contributed by atoms with Gasteiger partial charge in [0.15, 0.2) is 0 Å². The molecule has 21 heavy (non-hydrogen) atoms. The van der Waals surface area contributed by atoms with Gasteiger partial charge in [0.05, 0.1) is 6.10 Å². The minimum absolute atomic E-state index is 0.0810. The Bertz CT molecular complexity index is 626. The molecule has 0 radical (unpaired) electrons. The topological polar surface area (TPSA) is 38.3 Å². The molecule has 0 fully saturated rings. The molecule has 0 aliphatic heterocycles. The van der Waals surface area contributed by atoms with E-state index in [1.807, 2.05) is 50.2 Å². The van der Waals surface area contributed by atoms with Gasteiger partial charge in [0.1, 0.15) is 5.75 Å². The number of halogens is 1. The van der Waals surface area contributed by atoms with E-state index in [-0.39, 0.29) is 12.0 Å². The molecule has 0 aliphatic carbocycles. The van der Waals surface area contributed by atoms with E-state index in [9.17, 15) is 4.79 Å². The highest BCUT2D eigenvalue weighted by atomic mass is 79.9. The van der Waals surface area contributed by atoms with Gasteiger partial charge in [-0.2, -0.15) is 0 Å². The first-order valence-corrected chi connectivity index (χ1v) is 7.94. The summed E-state index contributed by atoms with van der Waals surface area (Å²) < 4.78 is 5.61. The maximum Gasteiger partial charge on any atom is 0.255 e. The molecule has 0 unspecified atom stereocenters. The lowest BCUT2D eigenvalue weighted by atomic mass is 10.1. The van der Waals surface area contributed by atoms with Crippen molar-refractivity contribution in [1.29, 1.82) is 0 Å². The second-order valence-electron chi connectivity index (χ2n) is 4.94. The Kier molecular flexibility index (Phi) is 5.39. The van der Waals surface area contributed by atoms with Crippen LogP contribution in [-0.2, 0) is 5.33 Å². The number of hydrogen-bond donors (Lipinski definition) is 1. The molecule has 0 aromatic heterocycles. The fourth-order valence-corrected chi connectivity index (χ4v) is 2.43. The molecule has 0 bridgehead atoms. The molecule has 0 saturated heterocycles. The molecule has 1 N–H and O–H groups in total. The highest BCUT2D eigenvalue weighted by molar-refractivity contribution is 9.08.